The molecule has 0 radical (unpaired) electrons. The third kappa shape index (κ3) is 2.38. The van der Waals surface area contributed by atoms with E-state index in [-0.39, 0.29) is 18.5 Å². The van der Waals surface area contributed by atoms with Crippen LogP contribution in [0, 0.1) is 0 Å². The molecule has 94 valence electrons. The molecular weight excluding hydrogens is 302 g/mol. The van der Waals surface area contributed by atoms with Crippen LogP contribution < -0.4 is 0 Å². The van der Waals surface area contributed by atoms with Crippen LogP contribution in [0.3, 0.4) is 0 Å². The van der Waals surface area contributed by atoms with Crippen LogP contribution in [0.15, 0.2) is 22.7 Å². The Morgan fingerprint density at radius 3 is 2.61 bits per heavy atom. The zero-order valence-electron chi connectivity index (χ0n) is 9.24. The monoisotopic (exact) mass is 311 g/mol. The second-order valence-corrected chi connectivity index (χ2v) is 4.78. The molecule has 18 heavy (non-hydrogen) atoms. The number of halogens is 1. The van der Waals surface area contributed by atoms with Crippen molar-refractivity contribution in [3.8, 4) is 0 Å². The van der Waals surface area contributed by atoms with Gasteiger partial charge in [-0.15, -0.1) is 0 Å². The van der Waals surface area contributed by atoms with E-state index in [1.54, 1.807) is 18.2 Å². The van der Waals surface area contributed by atoms with Crippen molar-refractivity contribution in [2.75, 3.05) is 0 Å². The van der Waals surface area contributed by atoms with Gasteiger partial charge >= 0.3 is 11.9 Å². The van der Waals surface area contributed by atoms with Crippen LogP contribution in [0.5, 0.6) is 0 Å². The van der Waals surface area contributed by atoms with Crippen LogP contribution in [0.1, 0.15) is 22.5 Å². The predicted octanol–water partition coefficient (Wildman–Crippen LogP) is 2.65. The van der Waals surface area contributed by atoms with Gasteiger partial charge in [0, 0.05) is 21.8 Å². The average molecular weight is 312 g/mol. The number of carbonyl (C=O) groups is 2. The summed E-state index contributed by atoms with van der Waals surface area (Å²) in [5, 5.41) is 18.6. The van der Waals surface area contributed by atoms with Crippen LogP contribution in [-0.2, 0) is 11.2 Å². The minimum atomic E-state index is -1.08. The first kappa shape index (κ1) is 12.6. The number of rotatable bonds is 4. The normalized spacial score (nSPS) is 10.7. The van der Waals surface area contributed by atoms with E-state index < -0.39 is 11.9 Å². The first-order chi connectivity index (χ1) is 8.49. The molecule has 0 saturated heterocycles. The molecule has 0 aliphatic carbocycles. The number of aliphatic carboxylic acids is 1. The van der Waals surface area contributed by atoms with Gasteiger partial charge < -0.3 is 15.2 Å². The highest BCUT2D eigenvalue weighted by molar-refractivity contribution is 9.10. The van der Waals surface area contributed by atoms with E-state index in [4.69, 9.17) is 10.2 Å². The number of nitrogens with one attached hydrogen (secondary N) is 1. The van der Waals surface area contributed by atoms with Crippen molar-refractivity contribution in [1.29, 1.82) is 0 Å². The van der Waals surface area contributed by atoms with Gasteiger partial charge in [0.05, 0.1) is 0 Å². The van der Waals surface area contributed by atoms with Crippen LogP contribution in [0.2, 0.25) is 0 Å². The maximum absolute atomic E-state index is 11.1. The number of hydrogen-bond acceptors (Lipinski definition) is 2. The number of aryl methyl sites for hydroxylation is 1. The third-order valence-corrected chi connectivity index (χ3v) is 3.16. The van der Waals surface area contributed by atoms with Crippen molar-refractivity contribution < 1.29 is 19.8 Å². The van der Waals surface area contributed by atoms with Crippen LogP contribution in [-0.4, -0.2) is 27.1 Å². The molecule has 0 unspecified atom stereocenters. The second kappa shape index (κ2) is 4.81. The van der Waals surface area contributed by atoms with Crippen molar-refractivity contribution in [3.63, 3.8) is 0 Å². The molecule has 1 aromatic heterocycles. The molecule has 2 aromatic rings. The number of aromatic amines is 1. The summed E-state index contributed by atoms with van der Waals surface area (Å²) in [6, 6.07) is 5.34. The van der Waals surface area contributed by atoms with E-state index in [1.807, 2.05) is 0 Å². The Labute approximate surface area is 111 Å². The molecule has 0 aliphatic heterocycles. The standard InChI is InChI=1S/C12H10BrNO4/c13-6-1-2-7-8(3-4-10(15)16)11(12(17)18)14-9(7)5-6/h1-2,5,14H,3-4H2,(H,15,16)(H,17,18). The number of aromatic carboxylic acids is 1. The molecule has 6 heteroatoms. The largest absolute Gasteiger partial charge is 0.481 e. The summed E-state index contributed by atoms with van der Waals surface area (Å²) in [7, 11) is 0. The van der Waals surface area contributed by atoms with Gasteiger partial charge in [0.1, 0.15) is 5.69 Å². The van der Waals surface area contributed by atoms with Gasteiger partial charge in [-0.2, -0.15) is 0 Å². The molecule has 1 heterocycles. The Balaban J connectivity index is 2.55. The predicted molar refractivity (Wildman–Crippen MR) is 68.9 cm³/mol. The second-order valence-electron chi connectivity index (χ2n) is 3.87. The summed E-state index contributed by atoms with van der Waals surface area (Å²) < 4.78 is 0.831. The fourth-order valence-corrected chi connectivity index (χ4v) is 2.26. The fraction of sp³-hybridized carbons (Fsp3) is 0.167. The summed E-state index contributed by atoms with van der Waals surface area (Å²) in [5.41, 5.74) is 1.28. The van der Waals surface area contributed by atoms with Crippen molar-refractivity contribution in [3.05, 3.63) is 33.9 Å². The van der Waals surface area contributed by atoms with E-state index in [0.717, 1.165) is 9.86 Å². The lowest BCUT2D eigenvalue weighted by molar-refractivity contribution is -0.136. The Hall–Kier alpha value is -1.82. The molecule has 3 N–H and O–H groups in total. The average Bonchev–Trinajstić information content (AvgIpc) is 2.64. The van der Waals surface area contributed by atoms with Gasteiger partial charge in [0.25, 0.3) is 0 Å². The number of aromatic nitrogens is 1. The molecule has 0 spiro atoms. The van der Waals surface area contributed by atoms with Crippen LogP contribution in [0.25, 0.3) is 10.9 Å². The van der Waals surface area contributed by atoms with E-state index >= 15 is 0 Å². The van der Waals surface area contributed by atoms with Gasteiger partial charge in [0.15, 0.2) is 0 Å². The Bertz CT molecular complexity index is 632. The van der Waals surface area contributed by atoms with Crippen LogP contribution in [0.4, 0.5) is 0 Å². The van der Waals surface area contributed by atoms with E-state index in [1.165, 1.54) is 0 Å². The van der Waals surface area contributed by atoms with E-state index in [9.17, 15) is 9.59 Å². The topological polar surface area (TPSA) is 90.4 Å². The SMILES string of the molecule is O=C(O)CCc1c(C(=O)O)[nH]c2cc(Br)ccc12. The van der Waals surface area contributed by atoms with Crippen molar-refractivity contribution in [2.24, 2.45) is 0 Å². The number of carboxylic acid groups (broad SMARTS) is 2. The minimum Gasteiger partial charge on any atom is -0.481 e. The van der Waals surface area contributed by atoms with Crippen LogP contribution >= 0.6 is 15.9 Å². The number of hydrogen-bond donors (Lipinski definition) is 3. The minimum absolute atomic E-state index is 0.0596. The summed E-state index contributed by atoms with van der Waals surface area (Å²) >= 11 is 3.30. The first-order valence-corrected chi connectivity index (χ1v) is 6.03. The van der Waals surface area contributed by atoms with Gasteiger partial charge in [-0.3, -0.25) is 4.79 Å². The lowest BCUT2D eigenvalue weighted by atomic mass is 10.1. The van der Waals surface area contributed by atoms with Gasteiger partial charge in [-0.1, -0.05) is 22.0 Å². The van der Waals surface area contributed by atoms with Crippen molar-refractivity contribution in [2.45, 2.75) is 12.8 Å². The van der Waals surface area contributed by atoms with Gasteiger partial charge in [-0.05, 0) is 24.1 Å². The highest BCUT2D eigenvalue weighted by Crippen LogP contribution is 2.26. The Kier molecular flexibility index (Phi) is 3.38. The van der Waals surface area contributed by atoms with Crippen molar-refractivity contribution in [1.82, 2.24) is 4.98 Å². The molecule has 1 aromatic carbocycles. The summed E-state index contributed by atoms with van der Waals surface area (Å²) in [6.07, 6.45) is 0.0991. The quantitative estimate of drug-likeness (QED) is 0.809. The highest BCUT2D eigenvalue weighted by Gasteiger charge is 2.17. The Morgan fingerprint density at radius 2 is 2.00 bits per heavy atom. The molecule has 0 atom stereocenters. The molecule has 0 amide bonds. The zero-order valence-corrected chi connectivity index (χ0v) is 10.8. The fourth-order valence-electron chi connectivity index (χ4n) is 1.90. The highest BCUT2D eigenvalue weighted by atomic mass is 79.9. The molecule has 0 fully saturated rings. The Morgan fingerprint density at radius 1 is 1.28 bits per heavy atom. The third-order valence-electron chi connectivity index (χ3n) is 2.67. The lowest BCUT2D eigenvalue weighted by Gasteiger charge is -1.99. The number of benzene rings is 1. The molecule has 2 rings (SSSR count). The molecule has 5 nitrogen and oxygen atoms in total. The van der Waals surface area contributed by atoms with E-state index in [2.05, 4.69) is 20.9 Å². The van der Waals surface area contributed by atoms with Gasteiger partial charge in [0.2, 0.25) is 0 Å². The molecule has 0 bridgehead atoms. The molecule has 0 aliphatic rings. The van der Waals surface area contributed by atoms with E-state index in [0.29, 0.717) is 11.1 Å². The lowest BCUT2D eigenvalue weighted by Crippen LogP contribution is -2.04. The summed E-state index contributed by atoms with van der Waals surface area (Å²) in [4.78, 5) is 24.5. The number of H-pyrrole nitrogens is 1. The van der Waals surface area contributed by atoms with Crippen molar-refractivity contribution >= 4 is 38.8 Å². The van der Waals surface area contributed by atoms with Gasteiger partial charge in [-0.25, -0.2) is 4.79 Å². The molecular formula is C12H10BrNO4. The smallest absolute Gasteiger partial charge is 0.352 e. The summed E-state index contributed by atoms with van der Waals surface area (Å²) in [6.45, 7) is 0. The molecule has 0 saturated carbocycles. The maximum atomic E-state index is 11.1. The first-order valence-electron chi connectivity index (χ1n) is 5.24. The summed E-state index contributed by atoms with van der Waals surface area (Å²) in [5.74, 6) is -2.03. The number of carboxylic acids is 2. The zero-order chi connectivity index (χ0) is 13.3. The maximum Gasteiger partial charge on any atom is 0.352 e. The number of fused-ring (bicyclic) bond motifs is 1.